The summed E-state index contributed by atoms with van der Waals surface area (Å²) in [6.07, 6.45) is 0. The molecule has 2 nitrogen and oxygen atoms in total. The van der Waals surface area contributed by atoms with Gasteiger partial charge in [-0.25, -0.2) is 0 Å². The molecule has 0 rings (SSSR count). The van der Waals surface area contributed by atoms with Crippen molar-refractivity contribution in [1.82, 2.24) is 0 Å². The molecule has 2 N–H and O–H groups in total. The van der Waals surface area contributed by atoms with Crippen molar-refractivity contribution in [3.05, 3.63) is 0 Å². The first-order chi connectivity index (χ1) is 2.41. The Balaban J connectivity index is -0.0000000800. The number of rotatable bonds is 2. The van der Waals surface area contributed by atoms with E-state index >= 15 is 0 Å². The van der Waals surface area contributed by atoms with Crippen molar-refractivity contribution in [2.75, 3.05) is 0 Å². The fraction of sp³-hybridized carbons (Fsp3) is 1.00. The van der Waals surface area contributed by atoms with Crippen molar-refractivity contribution in [3.8, 4) is 0 Å². The van der Waals surface area contributed by atoms with Crippen LogP contribution in [0.5, 0.6) is 0 Å². The Morgan fingerprint density at radius 3 is 1.29 bits per heavy atom. The average molecular weight is 183 g/mol. The second-order valence-corrected chi connectivity index (χ2v) is 5.66. The van der Waals surface area contributed by atoms with E-state index in [1.54, 1.807) is 0 Å². The van der Waals surface area contributed by atoms with Crippen LogP contribution >= 0.6 is 0 Å². The molecule has 0 saturated heterocycles. The third-order valence-electron chi connectivity index (χ3n) is 0.500. The van der Waals surface area contributed by atoms with Crippen LogP contribution in [0.1, 0.15) is 13.8 Å². The van der Waals surface area contributed by atoms with Crippen molar-refractivity contribution < 1.29 is 34.2 Å². The normalized spacial score (nSPS) is 4.86. The molecule has 0 amide bonds. The first kappa shape index (κ1) is 15.7. The van der Waals surface area contributed by atoms with Crippen LogP contribution in [0.4, 0.5) is 0 Å². The molecule has 0 aliphatic heterocycles. The standard InChI is InChI=1S/2C2H5.2H2O.Zr/c2*1-2;;;/h2*1H2,2H3;2*1H2;/q;;;;+2/p-2. The van der Waals surface area contributed by atoms with Crippen molar-refractivity contribution in [1.29, 1.82) is 0 Å². The Morgan fingerprint density at radius 2 is 1.29 bits per heavy atom. The first-order valence-corrected chi connectivity index (χ1v) is 5.60. The summed E-state index contributed by atoms with van der Waals surface area (Å²) in [5, 5.41) is 0. The van der Waals surface area contributed by atoms with Gasteiger partial charge in [-0.05, 0) is 0 Å². The van der Waals surface area contributed by atoms with Gasteiger partial charge in [0, 0.05) is 0 Å². The van der Waals surface area contributed by atoms with E-state index in [0.717, 1.165) is 0 Å². The van der Waals surface area contributed by atoms with E-state index in [2.05, 4.69) is 13.8 Å². The molecule has 0 aliphatic carbocycles. The minimum absolute atomic E-state index is 0. The van der Waals surface area contributed by atoms with Gasteiger partial charge in [-0.2, -0.15) is 0 Å². The summed E-state index contributed by atoms with van der Waals surface area (Å²) >= 11 is 0.218. The van der Waals surface area contributed by atoms with Crippen LogP contribution in [0.15, 0.2) is 0 Å². The molecule has 0 radical (unpaired) electrons. The summed E-state index contributed by atoms with van der Waals surface area (Å²) in [6.45, 7) is 4.57. The van der Waals surface area contributed by atoms with Gasteiger partial charge in [0.2, 0.25) is 0 Å². The second kappa shape index (κ2) is 15.8. The van der Waals surface area contributed by atoms with Crippen LogP contribution in [0.2, 0.25) is 8.26 Å². The summed E-state index contributed by atoms with van der Waals surface area (Å²) in [4.78, 5) is 0. The van der Waals surface area contributed by atoms with E-state index in [4.69, 9.17) is 0 Å². The van der Waals surface area contributed by atoms with Crippen molar-refractivity contribution >= 4 is 0 Å². The van der Waals surface area contributed by atoms with Crippen LogP contribution in [0, 0.1) is 0 Å². The molecule has 44 valence electrons. The van der Waals surface area contributed by atoms with Gasteiger partial charge in [0.15, 0.2) is 0 Å². The number of hydrogen-bond donors (Lipinski definition) is 0. The maximum Gasteiger partial charge on any atom is -0.870 e. The van der Waals surface area contributed by atoms with Gasteiger partial charge in [0.1, 0.15) is 0 Å². The first-order valence-electron chi connectivity index (χ1n) is 2.12. The molecule has 0 aliphatic rings. The molecular formula is C4H12O2Zr. The van der Waals surface area contributed by atoms with Crippen molar-refractivity contribution in [2.24, 2.45) is 0 Å². The van der Waals surface area contributed by atoms with E-state index < -0.39 is 0 Å². The van der Waals surface area contributed by atoms with Crippen LogP contribution in [0.3, 0.4) is 0 Å². The molecule has 0 aromatic rings. The Kier molecular flexibility index (Phi) is 35.4. The van der Waals surface area contributed by atoms with Gasteiger partial charge in [0.25, 0.3) is 0 Å². The Bertz CT molecular complexity index is 17.2. The van der Waals surface area contributed by atoms with Crippen molar-refractivity contribution in [2.45, 2.75) is 22.1 Å². The minimum atomic E-state index is 0. The van der Waals surface area contributed by atoms with Crippen LogP contribution in [-0.2, 0) is 23.2 Å². The number of hydrogen-bond acceptors (Lipinski definition) is 2. The van der Waals surface area contributed by atoms with E-state index in [1.807, 2.05) is 0 Å². The summed E-state index contributed by atoms with van der Waals surface area (Å²) in [6, 6.07) is 0. The third kappa shape index (κ3) is 20.0. The largest absolute Gasteiger partial charge is 0.870 e. The smallest absolute Gasteiger partial charge is 0.870 e. The molecule has 0 atom stereocenters. The van der Waals surface area contributed by atoms with Gasteiger partial charge in [-0.15, -0.1) is 0 Å². The monoisotopic (exact) mass is 182 g/mol. The van der Waals surface area contributed by atoms with Gasteiger partial charge in [-0.3, -0.25) is 0 Å². The maximum absolute atomic E-state index is 2.29. The van der Waals surface area contributed by atoms with Crippen LogP contribution in [0.25, 0.3) is 0 Å². The summed E-state index contributed by atoms with van der Waals surface area (Å²) in [5.41, 5.74) is 0. The van der Waals surface area contributed by atoms with Crippen LogP contribution in [-0.4, -0.2) is 11.0 Å². The van der Waals surface area contributed by atoms with E-state index in [0.29, 0.717) is 0 Å². The Hall–Kier alpha value is 0.803. The zero-order valence-corrected chi connectivity index (χ0v) is 7.27. The average Bonchev–Trinajstić information content (AvgIpc) is 1.41. The molecule has 0 saturated carbocycles. The molecular weight excluding hydrogens is 171 g/mol. The van der Waals surface area contributed by atoms with Gasteiger partial charge in [0.05, 0.1) is 0 Å². The zero-order valence-electron chi connectivity index (χ0n) is 4.81. The topological polar surface area (TPSA) is 60.0 Å². The molecule has 0 fully saturated rings. The fourth-order valence-corrected chi connectivity index (χ4v) is 1.48. The molecule has 0 aromatic heterocycles. The van der Waals surface area contributed by atoms with E-state index in [9.17, 15) is 0 Å². The molecule has 0 heterocycles. The molecule has 3 heteroatoms. The predicted molar refractivity (Wildman–Crippen MR) is 24.8 cm³/mol. The molecule has 0 bridgehead atoms. The predicted octanol–water partition coefficient (Wildman–Crippen LogP) is 1.59. The third-order valence-corrected chi connectivity index (χ3v) is 2.96. The Morgan fingerprint density at radius 1 is 1.00 bits per heavy atom. The van der Waals surface area contributed by atoms with Gasteiger partial charge < -0.3 is 11.0 Å². The maximum atomic E-state index is 2.29. The quantitative estimate of drug-likeness (QED) is 0.652. The molecule has 0 spiro atoms. The second-order valence-electron chi connectivity index (χ2n) is 0.957. The SMILES string of the molecule is C[CH2][Zr+2][CH2]C.[OH-].[OH-]. The van der Waals surface area contributed by atoms with Crippen molar-refractivity contribution in [3.63, 3.8) is 0 Å². The Labute approximate surface area is 56.5 Å². The summed E-state index contributed by atoms with van der Waals surface area (Å²) < 4.78 is 3.03. The van der Waals surface area contributed by atoms with Gasteiger partial charge in [-0.1, -0.05) is 0 Å². The van der Waals surface area contributed by atoms with E-state index in [1.165, 1.54) is 8.26 Å². The minimum Gasteiger partial charge on any atom is -0.870 e. The fourth-order valence-electron chi connectivity index (χ4n) is 0.250. The zero-order chi connectivity index (χ0) is 4.12. The molecule has 0 unspecified atom stereocenters. The summed E-state index contributed by atoms with van der Waals surface area (Å²) in [5.74, 6) is 0. The van der Waals surface area contributed by atoms with E-state index in [-0.39, 0.29) is 34.2 Å². The molecule has 0 aromatic carbocycles. The van der Waals surface area contributed by atoms with Gasteiger partial charge >= 0.3 is 45.3 Å². The molecule has 7 heavy (non-hydrogen) atoms. The van der Waals surface area contributed by atoms with Crippen LogP contribution < -0.4 is 0 Å². The summed E-state index contributed by atoms with van der Waals surface area (Å²) in [7, 11) is 0.